The number of hydrogen-bond acceptors (Lipinski definition) is 2. The summed E-state index contributed by atoms with van der Waals surface area (Å²) in [7, 11) is 2.04. The molecular formula is C22H33N3Sn. The van der Waals surface area contributed by atoms with Gasteiger partial charge in [0.15, 0.2) is 0 Å². The topological polar surface area (TPSA) is 41.6 Å². The summed E-state index contributed by atoms with van der Waals surface area (Å²) in [5.74, 6) is 0. The van der Waals surface area contributed by atoms with E-state index in [4.69, 9.17) is 5.10 Å². The molecule has 2 rings (SSSR count). The molecule has 3 nitrogen and oxygen atoms in total. The molecule has 0 aliphatic rings. The molecule has 0 saturated carbocycles. The van der Waals surface area contributed by atoms with E-state index < -0.39 is 21.1 Å². The van der Waals surface area contributed by atoms with Gasteiger partial charge in [0.2, 0.25) is 0 Å². The van der Waals surface area contributed by atoms with Crippen LogP contribution >= 0.6 is 0 Å². The van der Waals surface area contributed by atoms with Crippen LogP contribution in [0, 0.1) is 11.3 Å². The molecule has 0 N–H and O–H groups in total. The van der Waals surface area contributed by atoms with Gasteiger partial charge in [0.05, 0.1) is 0 Å². The van der Waals surface area contributed by atoms with Gasteiger partial charge >= 0.3 is 170 Å². The van der Waals surface area contributed by atoms with Crippen LogP contribution in [-0.2, 0) is 7.05 Å². The molecule has 0 aliphatic carbocycles. The number of aromatic nitrogens is 2. The number of nitrogens with zero attached hydrogens (tertiary/aromatic N) is 3. The standard InChI is InChI=1S/C13H27.C9H6N3.Sn/c1-4-7-10-13(11-8-5-2)12-9-6-3;1-12-9-3-2-7(5-10)4-8(9)6-11-12;/h4-12H2,1-3H3;2-4H,1H3;. The first kappa shape index (κ1) is 21.3. The average molecular weight is 458 g/mol. The molecule has 1 heterocycles. The van der Waals surface area contributed by atoms with Gasteiger partial charge in [-0.25, -0.2) is 0 Å². The molecule has 0 amide bonds. The first-order valence-corrected chi connectivity index (χ1v) is 13.1. The van der Waals surface area contributed by atoms with Crippen LogP contribution in [0.4, 0.5) is 0 Å². The molecule has 0 saturated heterocycles. The average Bonchev–Trinajstić information content (AvgIpc) is 2.97. The monoisotopic (exact) mass is 459 g/mol. The summed E-state index contributed by atoms with van der Waals surface area (Å²) in [4.78, 5) is 0. The third-order valence-electron chi connectivity index (χ3n) is 5.39. The molecule has 1 aromatic heterocycles. The maximum atomic E-state index is 9.31. The Morgan fingerprint density at radius 3 is 2.12 bits per heavy atom. The molecule has 0 spiro atoms. The number of nitriles is 1. The van der Waals surface area contributed by atoms with E-state index in [0.717, 1.165) is 5.56 Å². The molecular weight excluding hydrogens is 425 g/mol. The SMILES string of the molecule is CCCC[C](CCCC)(CCCC)[Sn][c]1nn(C)c2ccc(C#N)cc12. The predicted octanol–water partition coefficient (Wildman–Crippen LogP) is 5.50. The van der Waals surface area contributed by atoms with E-state index in [1.54, 1.807) is 0 Å². The second-order valence-corrected chi connectivity index (χ2v) is 12.6. The minimum atomic E-state index is -0.883. The van der Waals surface area contributed by atoms with Crippen molar-refractivity contribution in [1.29, 1.82) is 5.26 Å². The molecule has 0 unspecified atom stereocenters. The molecule has 4 heteroatoms. The van der Waals surface area contributed by atoms with Gasteiger partial charge in [-0.05, 0) is 0 Å². The minimum absolute atomic E-state index is 0.523. The molecule has 0 atom stereocenters. The third kappa shape index (κ3) is 5.25. The van der Waals surface area contributed by atoms with Gasteiger partial charge in [0.1, 0.15) is 0 Å². The third-order valence-corrected chi connectivity index (χ3v) is 10.8. The van der Waals surface area contributed by atoms with Gasteiger partial charge in [-0.15, -0.1) is 0 Å². The fourth-order valence-corrected chi connectivity index (χ4v) is 9.33. The fraction of sp³-hybridized carbons (Fsp3) is 0.636. The molecule has 1 aromatic carbocycles. The van der Waals surface area contributed by atoms with Crippen molar-refractivity contribution in [2.24, 2.45) is 7.05 Å². The molecule has 26 heavy (non-hydrogen) atoms. The summed E-state index contributed by atoms with van der Waals surface area (Å²) < 4.78 is 3.90. The molecule has 0 fully saturated rings. The number of hydrogen-bond donors (Lipinski definition) is 0. The molecule has 0 aliphatic heterocycles. The van der Waals surface area contributed by atoms with Crippen LogP contribution in [0.3, 0.4) is 0 Å². The normalized spacial score (nSPS) is 11.8. The van der Waals surface area contributed by atoms with Crippen LogP contribution in [0.5, 0.6) is 0 Å². The molecule has 2 radical (unpaired) electrons. The van der Waals surface area contributed by atoms with Crippen LogP contribution in [0.1, 0.15) is 84.1 Å². The quantitative estimate of drug-likeness (QED) is 0.417. The van der Waals surface area contributed by atoms with Crippen molar-refractivity contribution in [1.82, 2.24) is 9.78 Å². The van der Waals surface area contributed by atoms with Gasteiger partial charge in [0, 0.05) is 0 Å². The zero-order valence-corrected chi connectivity index (χ0v) is 19.8. The second kappa shape index (κ2) is 10.3. The number of aryl methyl sites for hydroxylation is 1. The Morgan fingerprint density at radius 2 is 1.62 bits per heavy atom. The number of benzene rings is 1. The Labute approximate surface area is 169 Å². The summed E-state index contributed by atoms with van der Waals surface area (Å²) in [5.41, 5.74) is 1.93. The van der Waals surface area contributed by atoms with E-state index in [2.05, 4.69) is 39.0 Å². The van der Waals surface area contributed by atoms with Crippen molar-refractivity contribution < 1.29 is 0 Å². The second-order valence-electron chi connectivity index (χ2n) is 7.53. The van der Waals surface area contributed by atoms with Crippen molar-refractivity contribution in [2.75, 3.05) is 0 Å². The Morgan fingerprint density at radius 1 is 1.04 bits per heavy atom. The van der Waals surface area contributed by atoms with Crippen LogP contribution in [-0.4, -0.2) is 30.9 Å². The van der Waals surface area contributed by atoms with E-state index in [-0.39, 0.29) is 0 Å². The maximum absolute atomic E-state index is 9.31. The van der Waals surface area contributed by atoms with Crippen molar-refractivity contribution in [3.8, 4) is 6.07 Å². The van der Waals surface area contributed by atoms with E-state index in [1.807, 2.05) is 17.8 Å². The van der Waals surface area contributed by atoms with E-state index >= 15 is 0 Å². The molecule has 0 bridgehead atoms. The molecule has 140 valence electrons. The van der Waals surface area contributed by atoms with Crippen molar-refractivity contribution in [3.63, 3.8) is 0 Å². The number of unbranched alkanes of at least 4 members (excludes halogenated alkanes) is 3. The fourth-order valence-electron chi connectivity index (χ4n) is 3.79. The van der Waals surface area contributed by atoms with Crippen LogP contribution in [0.15, 0.2) is 18.2 Å². The first-order chi connectivity index (χ1) is 12.6. The Balaban J connectivity index is 2.42. The summed E-state index contributed by atoms with van der Waals surface area (Å²) in [6, 6.07) is 8.35. The van der Waals surface area contributed by atoms with E-state index in [1.165, 1.54) is 72.4 Å². The van der Waals surface area contributed by atoms with Crippen molar-refractivity contribution in [3.05, 3.63) is 23.8 Å². The van der Waals surface area contributed by atoms with Gasteiger partial charge in [-0.3, -0.25) is 0 Å². The van der Waals surface area contributed by atoms with Crippen molar-refractivity contribution >= 4 is 35.8 Å². The van der Waals surface area contributed by atoms with Gasteiger partial charge in [-0.1, -0.05) is 0 Å². The van der Waals surface area contributed by atoms with Gasteiger partial charge in [-0.2, -0.15) is 0 Å². The summed E-state index contributed by atoms with van der Waals surface area (Å²) in [6.45, 7) is 6.93. The Hall–Kier alpha value is -1.02. The van der Waals surface area contributed by atoms with Crippen molar-refractivity contribution in [2.45, 2.75) is 82.0 Å². The summed E-state index contributed by atoms with van der Waals surface area (Å²) in [6.07, 6.45) is 11.9. The van der Waals surface area contributed by atoms with E-state index in [9.17, 15) is 5.26 Å². The number of fused-ring (bicyclic) bond motifs is 1. The van der Waals surface area contributed by atoms with Crippen LogP contribution in [0.2, 0.25) is 3.43 Å². The summed E-state index contributed by atoms with van der Waals surface area (Å²) in [5, 5.41) is 15.5. The molecule has 2 aromatic rings. The predicted molar refractivity (Wildman–Crippen MR) is 112 cm³/mol. The van der Waals surface area contributed by atoms with Crippen LogP contribution in [0.25, 0.3) is 10.9 Å². The Kier molecular flexibility index (Phi) is 8.47. The van der Waals surface area contributed by atoms with Gasteiger partial charge in [0.25, 0.3) is 0 Å². The summed E-state index contributed by atoms with van der Waals surface area (Å²) >= 11 is -0.883. The van der Waals surface area contributed by atoms with E-state index in [0.29, 0.717) is 3.43 Å². The zero-order valence-electron chi connectivity index (χ0n) is 16.9. The zero-order chi connectivity index (χ0) is 19.0. The number of rotatable bonds is 11. The Bertz CT molecular complexity index is 720. The van der Waals surface area contributed by atoms with Crippen LogP contribution < -0.4 is 3.71 Å². The first-order valence-electron chi connectivity index (χ1n) is 10.2. The van der Waals surface area contributed by atoms with Gasteiger partial charge < -0.3 is 0 Å².